The molecule has 0 spiro atoms. The van der Waals surface area contributed by atoms with Crippen LogP contribution in [0.4, 0.5) is 0 Å². The average Bonchev–Trinajstić information content (AvgIpc) is 2.75. The highest BCUT2D eigenvalue weighted by Crippen LogP contribution is 2.33. The number of benzene rings is 1. The van der Waals surface area contributed by atoms with E-state index in [4.69, 9.17) is 15.2 Å². The zero-order valence-electron chi connectivity index (χ0n) is 10.9. The van der Waals surface area contributed by atoms with Crippen molar-refractivity contribution < 1.29 is 14.6 Å². The van der Waals surface area contributed by atoms with Gasteiger partial charge < -0.3 is 20.3 Å². The van der Waals surface area contributed by atoms with E-state index in [1.54, 1.807) is 7.11 Å². The molecule has 0 aromatic heterocycles. The lowest BCUT2D eigenvalue weighted by Crippen LogP contribution is -2.25. The van der Waals surface area contributed by atoms with Crippen molar-refractivity contribution in [3.63, 3.8) is 0 Å². The van der Waals surface area contributed by atoms with Crippen LogP contribution in [0.3, 0.4) is 0 Å². The predicted octanol–water partition coefficient (Wildman–Crippen LogP) is 2.01. The van der Waals surface area contributed by atoms with E-state index in [2.05, 4.69) is 0 Å². The summed E-state index contributed by atoms with van der Waals surface area (Å²) in [5.74, 6) is 1.34. The molecule has 1 aromatic carbocycles. The van der Waals surface area contributed by atoms with E-state index >= 15 is 0 Å². The molecule has 2 rings (SSSR count). The molecule has 1 fully saturated rings. The number of ether oxygens (including phenoxy) is 2. The Morgan fingerprint density at radius 1 is 1.33 bits per heavy atom. The van der Waals surface area contributed by atoms with Crippen molar-refractivity contribution in [3.8, 4) is 11.5 Å². The number of rotatable bonds is 4. The molecule has 0 heterocycles. The maximum atomic E-state index is 9.77. The number of nitrogens with two attached hydrogens (primary N) is 1. The second kappa shape index (κ2) is 5.59. The summed E-state index contributed by atoms with van der Waals surface area (Å²) in [7, 11) is 1.61. The fourth-order valence-corrected chi connectivity index (χ4v) is 2.27. The Bertz CT molecular complexity index is 406. The third-order valence-electron chi connectivity index (χ3n) is 3.41. The molecule has 0 bridgehead atoms. The van der Waals surface area contributed by atoms with Crippen LogP contribution in [0.25, 0.3) is 0 Å². The van der Waals surface area contributed by atoms with Crippen molar-refractivity contribution in [2.45, 2.75) is 44.4 Å². The molecule has 1 aliphatic rings. The van der Waals surface area contributed by atoms with E-state index in [9.17, 15) is 5.11 Å². The molecule has 1 aliphatic carbocycles. The van der Waals surface area contributed by atoms with Crippen LogP contribution in [0.2, 0.25) is 0 Å². The first-order valence-corrected chi connectivity index (χ1v) is 6.40. The number of hydrogen-bond donors (Lipinski definition) is 2. The number of aliphatic hydroxyl groups excluding tert-OH is 1. The van der Waals surface area contributed by atoms with Crippen molar-refractivity contribution in [1.82, 2.24) is 0 Å². The van der Waals surface area contributed by atoms with Crippen LogP contribution < -0.4 is 15.2 Å². The summed E-state index contributed by atoms with van der Waals surface area (Å²) in [6.07, 6.45) is 2.21. The number of methoxy groups -OCH3 is 1. The van der Waals surface area contributed by atoms with Gasteiger partial charge in [0, 0.05) is 6.04 Å². The lowest BCUT2D eigenvalue weighted by atomic mass is 10.1. The summed E-state index contributed by atoms with van der Waals surface area (Å²) in [6.45, 7) is 1.93. The third-order valence-corrected chi connectivity index (χ3v) is 3.41. The minimum Gasteiger partial charge on any atom is -0.493 e. The van der Waals surface area contributed by atoms with E-state index in [0.717, 1.165) is 24.8 Å². The zero-order chi connectivity index (χ0) is 13.1. The van der Waals surface area contributed by atoms with Crippen LogP contribution >= 0.6 is 0 Å². The molecular formula is C14H21NO3. The lowest BCUT2D eigenvalue weighted by Gasteiger charge is -2.19. The third kappa shape index (κ3) is 2.76. The van der Waals surface area contributed by atoms with Crippen molar-refractivity contribution >= 4 is 0 Å². The minimum absolute atomic E-state index is 0.0370. The fourth-order valence-electron chi connectivity index (χ4n) is 2.27. The predicted molar refractivity (Wildman–Crippen MR) is 69.9 cm³/mol. The van der Waals surface area contributed by atoms with Gasteiger partial charge in [0.15, 0.2) is 11.5 Å². The van der Waals surface area contributed by atoms with E-state index in [1.807, 2.05) is 25.1 Å². The van der Waals surface area contributed by atoms with Crippen LogP contribution in [-0.4, -0.2) is 24.4 Å². The SMILES string of the molecule is COc1cc([C@H](C)N)ccc1OC1CCCC1O. The monoisotopic (exact) mass is 251 g/mol. The average molecular weight is 251 g/mol. The van der Waals surface area contributed by atoms with Gasteiger partial charge in [-0.15, -0.1) is 0 Å². The van der Waals surface area contributed by atoms with Gasteiger partial charge in [0.25, 0.3) is 0 Å². The van der Waals surface area contributed by atoms with Crippen LogP contribution in [-0.2, 0) is 0 Å². The quantitative estimate of drug-likeness (QED) is 0.859. The molecule has 0 aliphatic heterocycles. The Morgan fingerprint density at radius 3 is 2.67 bits per heavy atom. The van der Waals surface area contributed by atoms with Gasteiger partial charge in [0.2, 0.25) is 0 Å². The van der Waals surface area contributed by atoms with Crippen molar-refractivity contribution in [2.75, 3.05) is 7.11 Å². The van der Waals surface area contributed by atoms with Crippen molar-refractivity contribution in [2.24, 2.45) is 5.73 Å². The largest absolute Gasteiger partial charge is 0.493 e. The van der Waals surface area contributed by atoms with E-state index < -0.39 is 0 Å². The number of hydrogen-bond acceptors (Lipinski definition) is 4. The van der Waals surface area contributed by atoms with Crippen LogP contribution in [0.15, 0.2) is 18.2 Å². The molecule has 4 heteroatoms. The van der Waals surface area contributed by atoms with E-state index in [1.165, 1.54) is 0 Å². The highest BCUT2D eigenvalue weighted by atomic mass is 16.5. The number of aliphatic hydroxyl groups is 1. The normalized spacial score (nSPS) is 24.9. The molecule has 4 nitrogen and oxygen atoms in total. The van der Waals surface area contributed by atoms with Gasteiger partial charge in [-0.3, -0.25) is 0 Å². The molecule has 2 unspecified atom stereocenters. The summed E-state index contributed by atoms with van der Waals surface area (Å²) in [6, 6.07) is 5.65. The molecule has 18 heavy (non-hydrogen) atoms. The Morgan fingerprint density at radius 2 is 2.11 bits per heavy atom. The Hall–Kier alpha value is -1.26. The first kappa shape index (κ1) is 13.2. The van der Waals surface area contributed by atoms with Gasteiger partial charge in [-0.2, -0.15) is 0 Å². The van der Waals surface area contributed by atoms with Crippen LogP contribution in [0.5, 0.6) is 11.5 Å². The van der Waals surface area contributed by atoms with Gasteiger partial charge in [0.1, 0.15) is 6.10 Å². The molecular weight excluding hydrogens is 230 g/mol. The summed E-state index contributed by atoms with van der Waals surface area (Å²) >= 11 is 0. The topological polar surface area (TPSA) is 64.7 Å². The molecule has 0 amide bonds. The highest BCUT2D eigenvalue weighted by molar-refractivity contribution is 5.43. The maximum Gasteiger partial charge on any atom is 0.161 e. The second-order valence-electron chi connectivity index (χ2n) is 4.85. The smallest absolute Gasteiger partial charge is 0.161 e. The first-order valence-electron chi connectivity index (χ1n) is 6.40. The van der Waals surface area contributed by atoms with Crippen LogP contribution in [0, 0.1) is 0 Å². The molecule has 0 saturated heterocycles. The Kier molecular flexibility index (Phi) is 4.09. The molecule has 100 valence electrons. The summed E-state index contributed by atoms with van der Waals surface area (Å²) < 4.78 is 11.1. The van der Waals surface area contributed by atoms with Crippen molar-refractivity contribution in [3.05, 3.63) is 23.8 Å². The van der Waals surface area contributed by atoms with E-state index in [0.29, 0.717) is 11.5 Å². The van der Waals surface area contributed by atoms with Gasteiger partial charge in [-0.05, 0) is 43.9 Å². The Balaban J connectivity index is 2.17. The van der Waals surface area contributed by atoms with Gasteiger partial charge in [0.05, 0.1) is 13.2 Å². The van der Waals surface area contributed by atoms with E-state index in [-0.39, 0.29) is 18.2 Å². The lowest BCUT2D eigenvalue weighted by molar-refractivity contribution is 0.0586. The van der Waals surface area contributed by atoms with Gasteiger partial charge in [-0.1, -0.05) is 6.07 Å². The summed E-state index contributed by atoms with van der Waals surface area (Å²) in [4.78, 5) is 0. The maximum absolute atomic E-state index is 9.77. The zero-order valence-corrected chi connectivity index (χ0v) is 10.9. The second-order valence-corrected chi connectivity index (χ2v) is 4.85. The highest BCUT2D eigenvalue weighted by Gasteiger charge is 2.27. The molecule has 1 aromatic rings. The first-order chi connectivity index (χ1) is 8.61. The van der Waals surface area contributed by atoms with Gasteiger partial charge in [-0.25, -0.2) is 0 Å². The standard InChI is InChI=1S/C14H21NO3/c1-9(15)10-6-7-13(14(8-10)17-2)18-12-5-3-4-11(12)16/h6-9,11-12,16H,3-5,15H2,1-2H3/t9-,11?,12?/m0/s1. The summed E-state index contributed by atoms with van der Waals surface area (Å²) in [5, 5.41) is 9.77. The Labute approximate surface area is 108 Å². The van der Waals surface area contributed by atoms with Gasteiger partial charge >= 0.3 is 0 Å². The minimum atomic E-state index is -0.372. The molecule has 3 atom stereocenters. The summed E-state index contributed by atoms with van der Waals surface area (Å²) in [5.41, 5.74) is 6.84. The van der Waals surface area contributed by atoms with Crippen molar-refractivity contribution in [1.29, 1.82) is 0 Å². The van der Waals surface area contributed by atoms with Crippen LogP contribution in [0.1, 0.15) is 37.8 Å². The molecule has 1 saturated carbocycles. The molecule has 3 N–H and O–H groups in total. The molecule has 0 radical (unpaired) electrons. The fraction of sp³-hybridized carbons (Fsp3) is 0.571.